The first kappa shape index (κ1) is 17.7. The molecule has 0 aromatic heterocycles. The molecule has 0 fully saturated rings. The Morgan fingerprint density at radius 1 is 1.22 bits per heavy atom. The summed E-state index contributed by atoms with van der Waals surface area (Å²) in [6.45, 7) is 1.77. The Labute approximate surface area is 143 Å². The van der Waals surface area contributed by atoms with Crippen LogP contribution in [-0.2, 0) is 16.4 Å². The van der Waals surface area contributed by atoms with Crippen molar-refractivity contribution in [3.63, 3.8) is 0 Å². The summed E-state index contributed by atoms with van der Waals surface area (Å²) in [6, 6.07) is 13.1. The van der Waals surface area contributed by atoms with Crippen molar-refractivity contribution in [1.82, 2.24) is 4.72 Å². The summed E-state index contributed by atoms with van der Waals surface area (Å²) in [5.74, 6) is -1.19. The van der Waals surface area contributed by atoms with Crippen LogP contribution in [0.15, 0.2) is 57.9 Å². The number of halogens is 1. The van der Waals surface area contributed by atoms with Crippen LogP contribution >= 0.6 is 15.9 Å². The van der Waals surface area contributed by atoms with Gasteiger partial charge in [0, 0.05) is 10.5 Å². The molecule has 1 atom stereocenters. The summed E-state index contributed by atoms with van der Waals surface area (Å²) in [6.07, 6.45) is 0.544. The highest BCUT2D eigenvalue weighted by molar-refractivity contribution is 9.10. The van der Waals surface area contributed by atoms with E-state index in [9.17, 15) is 13.2 Å². The molecule has 0 aliphatic carbocycles. The van der Waals surface area contributed by atoms with E-state index in [1.54, 1.807) is 6.92 Å². The summed E-state index contributed by atoms with van der Waals surface area (Å²) >= 11 is 3.10. The Hall–Kier alpha value is -1.70. The van der Waals surface area contributed by atoms with Crippen LogP contribution in [0.1, 0.15) is 22.8 Å². The van der Waals surface area contributed by atoms with Crippen LogP contribution in [0.2, 0.25) is 0 Å². The van der Waals surface area contributed by atoms with Gasteiger partial charge in [-0.3, -0.25) is 0 Å². The van der Waals surface area contributed by atoms with E-state index in [0.29, 0.717) is 10.9 Å². The van der Waals surface area contributed by atoms with Crippen molar-refractivity contribution in [3.8, 4) is 0 Å². The highest BCUT2D eigenvalue weighted by Crippen LogP contribution is 2.21. The number of carboxylic acid groups (broad SMARTS) is 1. The lowest BCUT2D eigenvalue weighted by atomic mass is 10.1. The third-order valence-corrected chi connectivity index (χ3v) is 5.50. The molecule has 0 radical (unpaired) electrons. The lowest BCUT2D eigenvalue weighted by Crippen LogP contribution is -2.34. The molecule has 0 saturated carbocycles. The second-order valence-corrected chi connectivity index (χ2v) is 7.73. The molecule has 0 bridgehead atoms. The number of rotatable bonds is 6. The van der Waals surface area contributed by atoms with Crippen LogP contribution in [-0.4, -0.2) is 25.5 Å². The van der Waals surface area contributed by atoms with Crippen LogP contribution in [0.4, 0.5) is 0 Å². The number of nitrogens with one attached hydrogen (secondary N) is 1. The average Bonchev–Trinajstić information content (AvgIpc) is 2.47. The number of carbonyl (C=O) groups is 1. The number of benzene rings is 2. The highest BCUT2D eigenvalue weighted by atomic mass is 79.9. The van der Waals surface area contributed by atoms with Gasteiger partial charge in [0.15, 0.2) is 0 Å². The van der Waals surface area contributed by atoms with Gasteiger partial charge in [0.2, 0.25) is 10.0 Å². The standard InChI is InChI=1S/C16H16BrNO4S/c1-11(9-12-5-3-2-4-6-12)18-23(21,22)13-7-8-15(17)14(10-13)16(19)20/h2-8,10-11,18H,9H2,1H3,(H,19,20). The van der Waals surface area contributed by atoms with Crippen LogP contribution in [0.25, 0.3) is 0 Å². The van der Waals surface area contributed by atoms with Crippen LogP contribution in [0, 0.1) is 0 Å². The first-order valence-electron chi connectivity index (χ1n) is 6.88. The fourth-order valence-corrected chi connectivity index (χ4v) is 3.86. The van der Waals surface area contributed by atoms with E-state index in [2.05, 4.69) is 20.7 Å². The van der Waals surface area contributed by atoms with Crippen LogP contribution in [0.3, 0.4) is 0 Å². The molecule has 122 valence electrons. The Balaban J connectivity index is 2.18. The number of carboxylic acids is 1. The fourth-order valence-electron chi connectivity index (χ4n) is 2.18. The highest BCUT2D eigenvalue weighted by Gasteiger charge is 2.20. The minimum atomic E-state index is -3.79. The minimum absolute atomic E-state index is 0.0713. The summed E-state index contributed by atoms with van der Waals surface area (Å²) < 4.78 is 27.7. The molecule has 0 amide bonds. The monoisotopic (exact) mass is 397 g/mol. The summed E-state index contributed by atoms with van der Waals surface area (Å²) in [5, 5.41) is 9.09. The molecule has 0 saturated heterocycles. The molecule has 0 spiro atoms. The molecule has 23 heavy (non-hydrogen) atoms. The maximum Gasteiger partial charge on any atom is 0.336 e. The summed E-state index contributed by atoms with van der Waals surface area (Å²) in [5.41, 5.74) is 0.924. The topological polar surface area (TPSA) is 83.5 Å². The Kier molecular flexibility index (Phi) is 5.56. The third-order valence-electron chi connectivity index (χ3n) is 3.22. The van der Waals surface area contributed by atoms with Gasteiger partial charge in [0.25, 0.3) is 0 Å². The number of aromatic carboxylic acids is 1. The summed E-state index contributed by atoms with van der Waals surface area (Å²) in [7, 11) is -3.79. The molecule has 2 rings (SSSR count). The smallest absolute Gasteiger partial charge is 0.336 e. The van der Waals surface area contributed by atoms with E-state index >= 15 is 0 Å². The molecular weight excluding hydrogens is 382 g/mol. The largest absolute Gasteiger partial charge is 0.478 e. The van der Waals surface area contributed by atoms with Crippen LogP contribution in [0.5, 0.6) is 0 Å². The van der Waals surface area contributed by atoms with Crippen molar-refractivity contribution in [2.24, 2.45) is 0 Å². The van der Waals surface area contributed by atoms with Gasteiger partial charge < -0.3 is 5.11 Å². The van der Waals surface area contributed by atoms with E-state index in [0.717, 1.165) is 11.6 Å². The molecule has 0 aliphatic heterocycles. The second-order valence-electron chi connectivity index (χ2n) is 5.16. The molecule has 2 N–H and O–H groups in total. The lowest BCUT2D eigenvalue weighted by Gasteiger charge is -2.15. The van der Waals surface area contributed by atoms with E-state index in [-0.39, 0.29) is 16.5 Å². The minimum Gasteiger partial charge on any atom is -0.478 e. The van der Waals surface area contributed by atoms with Crippen molar-refractivity contribution < 1.29 is 18.3 Å². The van der Waals surface area contributed by atoms with E-state index in [1.165, 1.54) is 12.1 Å². The summed E-state index contributed by atoms with van der Waals surface area (Å²) in [4.78, 5) is 11.0. The van der Waals surface area contributed by atoms with Crippen LogP contribution < -0.4 is 4.72 Å². The number of hydrogen-bond acceptors (Lipinski definition) is 3. The van der Waals surface area contributed by atoms with Gasteiger partial charge in [-0.2, -0.15) is 0 Å². The zero-order valence-corrected chi connectivity index (χ0v) is 14.8. The van der Waals surface area contributed by atoms with Gasteiger partial charge in [0.05, 0.1) is 10.5 Å². The molecule has 7 heteroatoms. The number of hydrogen-bond donors (Lipinski definition) is 2. The maximum absolute atomic E-state index is 12.4. The maximum atomic E-state index is 12.4. The SMILES string of the molecule is CC(Cc1ccccc1)NS(=O)(=O)c1ccc(Br)c(C(=O)O)c1. The molecule has 0 heterocycles. The fraction of sp³-hybridized carbons (Fsp3) is 0.188. The Morgan fingerprint density at radius 2 is 1.87 bits per heavy atom. The third kappa shape index (κ3) is 4.63. The average molecular weight is 398 g/mol. The van der Waals surface area contributed by atoms with Crippen molar-refractivity contribution in [2.75, 3.05) is 0 Å². The molecule has 2 aromatic carbocycles. The lowest BCUT2D eigenvalue weighted by molar-refractivity contribution is 0.0695. The molecule has 0 aliphatic rings. The first-order chi connectivity index (χ1) is 10.8. The molecule has 2 aromatic rings. The Bertz CT molecular complexity index is 806. The van der Waals surface area contributed by atoms with Gasteiger partial charge in [-0.15, -0.1) is 0 Å². The van der Waals surface area contributed by atoms with Crippen molar-refractivity contribution in [1.29, 1.82) is 0 Å². The Morgan fingerprint density at radius 3 is 2.48 bits per heavy atom. The predicted molar refractivity (Wildman–Crippen MR) is 91.0 cm³/mol. The predicted octanol–water partition coefficient (Wildman–Crippen LogP) is 3.06. The van der Waals surface area contributed by atoms with Gasteiger partial charge in [-0.1, -0.05) is 30.3 Å². The van der Waals surface area contributed by atoms with Crippen molar-refractivity contribution in [3.05, 3.63) is 64.1 Å². The van der Waals surface area contributed by atoms with Crippen molar-refractivity contribution >= 4 is 31.9 Å². The van der Waals surface area contributed by atoms with E-state index in [1.807, 2.05) is 30.3 Å². The van der Waals surface area contributed by atoms with Gasteiger partial charge in [-0.25, -0.2) is 17.9 Å². The molecule has 5 nitrogen and oxygen atoms in total. The van der Waals surface area contributed by atoms with Gasteiger partial charge in [0.1, 0.15) is 0 Å². The zero-order valence-electron chi connectivity index (χ0n) is 12.4. The first-order valence-corrected chi connectivity index (χ1v) is 9.16. The molecular formula is C16H16BrNO4S. The number of sulfonamides is 1. The quantitative estimate of drug-likeness (QED) is 0.784. The second kappa shape index (κ2) is 7.25. The molecule has 1 unspecified atom stereocenters. The van der Waals surface area contributed by atoms with E-state index in [4.69, 9.17) is 5.11 Å². The van der Waals surface area contributed by atoms with Gasteiger partial charge in [-0.05, 0) is 53.0 Å². The van der Waals surface area contributed by atoms with Gasteiger partial charge >= 0.3 is 5.97 Å². The normalized spacial score (nSPS) is 12.8. The zero-order chi connectivity index (χ0) is 17.0. The van der Waals surface area contributed by atoms with Crippen molar-refractivity contribution in [2.45, 2.75) is 24.3 Å². The van der Waals surface area contributed by atoms with E-state index < -0.39 is 16.0 Å².